The van der Waals surface area contributed by atoms with Gasteiger partial charge in [0.05, 0.1) is 77.7 Å². The molecule has 39 heteroatoms. The Morgan fingerprint density at radius 2 is 0.579 bits per heavy atom. The van der Waals surface area contributed by atoms with E-state index in [4.69, 9.17) is 34.2 Å². The number of nitro groups is 6. The zero-order chi connectivity index (χ0) is 91.7. The lowest BCUT2D eigenvalue weighted by Gasteiger charge is -2.36. The second kappa shape index (κ2) is 39.1. The van der Waals surface area contributed by atoms with Crippen molar-refractivity contribution in [1.82, 2.24) is 0 Å². The Hall–Kier alpha value is -6.59. The third kappa shape index (κ3) is 20.0. The summed E-state index contributed by atoms with van der Waals surface area (Å²) in [7, 11) is 0. The number of carbonyl (C=O) groups is 6. The highest BCUT2D eigenvalue weighted by Gasteiger charge is 2.79. The molecule has 654 valence electrons. The molecular formula is C82H92I7N7O25. The number of ether oxygens (including phenoxy) is 6. The van der Waals surface area contributed by atoms with Crippen LogP contribution in [0, 0.1) is 142 Å². The van der Waals surface area contributed by atoms with Crippen molar-refractivity contribution in [1.29, 1.82) is 0 Å². The van der Waals surface area contributed by atoms with Crippen LogP contribution in [0.15, 0.2) is 109 Å². The lowest BCUT2D eigenvalue weighted by molar-refractivity contribution is -0.386. The lowest BCUT2D eigenvalue weighted by Crippen LogP contribution is -2.49. The van der Waals surface area contributed by atoms with E-state index in [-0.39, 0.29) is 86.3 Å². The number of halogens is 7. The predicted octanol–water partition coefficient (Wildman–Crippen LogP) is 21.2. The minimum Gasteiger partial charge on any atom is -0.454 e. The fourth-order valence-corrected chi connectivity index (χ4v) is 19.1. The normalized spacial score (nSPS) is 23.4. The maximum atomic E-state index is 13.3. The summed E-state index contributed by atoms with van der Waals surface area (Å²) in [6.45, 7) is 31.2. The highest BCUT2D eigenvalue weighted by Crippen LogP contribution is 2.69. The monoisotopic (exact) mass is 2460 g/mol. The van der Waals surface area contributed by atoms with Crippen molar-refractivity contribution in [2.24, 2.45) is 56.2 Å². The standard InChI is InChI=1S/3C20H24INO6.C10H12INO3.C6H3I2NO2.C6H5IN2O2/c3*1-11(2)15(13-7-6-12(21)10-14(13)22(25)26)27-17(24)20-9-8-19(5,16(23)28-20)18(20,3)4;1-6(2)10(13)8-4-3-7(11)5-9(8)12(14)15;2*7-4-1-2-5(8)6(3-4)9(10)11/h3*6-7,10-11,15H,8-9H2,1-5H3;3-6,10,13H,1-2H3;1-3H;1-3H,8H2/t15?,19-,20+;15-,19+,20-;15-,19-,20+;;;/m010.../s1. The summed E-state index contributed by atoms with van der Waals surface area (Å²) in [6.07, 6.45) is -0.439. The van der Waals surface area contributed by atoms with Crippen molar-refractivity contribution in [2.75, 3.05) is 5.73 Å². The molecule has 6 fully saturated rings. The molecule has 0 amide bonds. The van der Waals surface area contributed by atoms with E-state index in [1.807, 2.05) is 282 Å². The number of esters is 6. The van der Waals surface area contributed by atoms with Gasteiger partial charge in [-0.1, -0.05) is 96.9 Å². The number of aliphatic hydroxyl groups is 1. The van der Waals surface area contributed by atoms with Crippen LogP contribution in [-0.4, -0.2) is 87.3 Å². The summed E-state index contributed by atoms with van der Waals surface area (Å²) in [6, 6.07) is 29.2. The van der Waals surface area contributed by atoms with Gasteiger partial charge in [0, 0.05) is 74.1 Å². The van der Waals surface area contributed by atoms with Gasteiger partial charge in [-0.25, -0.2) is 14.4 Å². The van der Waals surface area contributed by atoms with Gasteiger partial charge < -0.3 is 39.3 Å². The molecule has 3 saturated heterocycles. The molecule has 10 atom stereocenters. The number of aliphatic hydroxyl groups excluding tert-OH is 1. The highest BCUT2D eigenvalue weighted by atomic mass is 127. The molecule has 12 rings (SSSR count). The Labute approximate surface area is 793 Å². The molecule has 3 N–H and O–H groups in total. The Morgan fingerprint density at radius 3 is 0.785 bits per heavy atom. The van der Waals surface area contributed by atoms with Gasteiger partial charge in [0.2, 0.25) is 16.8 Å². The van der Waals surface area contributed by atoms with Crippen LogP contribution in [0.2, 0.25) is 0 Å². The van der Waals surface area contributed by atoms with Crippen molar-refractivity contribution in [3.63, 3.8) is 0 Å². The van der Waals surface area contributed by atoms with E-state index in [2.05, 4.69) is 0 Å². The van der Waals surface area contributed by atoms with Crippen LogP contribution in [0.25, 0.3) is 0 Å². The molecule has 0 radical (unpaired) electrons. The van der Waals surface area contributed by atoms with Crippen LogP contribution in [0.5, 0.6) is 0 Å². The number of hydrogen-bond acceptors (Lipinski definition) is 26. The average molecular weight is 2460 g/mol. The third-order valence-corrected chi connectivity index (χ3v) is 29.6. The van der Waals surface area contributed by atoms with Crippen LogP contribution in [-0.2, 0) is 57.2 Å². The molecule has 3 heterocycles. The van der Waals surface area contributed by atoms with Gasteiger partial charge in [-0.2, -0.15) is 0 Å². The van der Waals surface area contributed by atoms with E-state index in [0.717, 1.165) is 21.4 Å². The Balaban J connectivity index is 0.000000208. The van der Waals surface area contributed by atoms with Gasteiger partial charge in [-0.05, 0) is 314 Å². The molecule has 6 bridgehead atoms. The number of benzene rings is 6. The molecule has 2 unspecified atom stereocenters. The lowest BCUT2D eigenvalue weighted by atomic mass is 9.66. The maximum Gasteiger partial charge on any atom is 0.351 e. The van der Waals surface area contributed by atoms with Crippen LogP contribution >= 0.6 is 158 Å². The fraction of sp³-hybridized carbons (Fsp3) is 0.488. The minimum absolute atomic E-state index is 0.0110. The summed E-state index contributed by atoms with van der Waals surface area (Å²) < 4.78 is 39.6. The molecular weight excluding hydrogens is 2370 g/mol. The van der Waals surface area contributed by atoms with Crippen LogP contribution in [0.4, 0.5) is 39.8 Å². The van der Waals surface area contributed by atoms with Gasteiger partial charge >= 0.3 is 35.8 Å². The summed E-state index contributed by atoms with van der Waals surface area (Å²) in [4.78, 5) is 141. The zero-order valence-corrected chi connectivity index (χ0v) is 84.0. The molecule has 6 aromatic rings. The van der Waals surface area contributed by atoms with Crippen LogP contribution < -0.4 is 5.73 Å². The third-order valence-electron chi connectivity index (χ3n) is 24.7. The molecule has 0 spiro atoms. The number of nitrogen functional groups attached to an aromatic ring is 1. The van der Waals surface area contributed by atoms with Crippen molar-refractivity contribution in [3.8, 4) is 0 Å². The number of hydrogen-bond donors (Lipinski definition) is 2. The van der Waals surface area contributed by atoms with Crippen LogP contribution in [0.1, 0.15) is 203 Å². The number of nitrogens with two attached hydrogens (primary N) is 1. The first-order chi connectivity index (χ1) is 55.8. The number of fused-ring (bicyclic) bond motifs is 6. The first-order valence-electron chi connectivity index (χ1n) is 37.8. The first kappa shape index (κ1) is 101. The van der Waals surface area contributed by atoms with E-state index in [1.54, 1.807) is 66.7 Å². The van der Waals surface area contributed by atoms with Gasteiger partial charge in [0.25, 0.3) is 34.1 Å². The van der Waals surface area contributed by atoms with Crippen molar-refractivity contribution >= 4 is 234 Å². The SMILES string of the molecule is CC(C)C(O)c1ccc(I)cc1[N+](=O)[O-].CC(C)C(OC(=O)[C@@]12CC[C@@](C)(C(=O)O1)C2(C)C)c1ccc(I)cc1[N+](=O)[O-].CC(C)[C@@H](OC(=O)[C@@]12CC[C@@](C)(C(=O)O1)C2(C)C)c1ccc(I)cc1[N+](=O)[O-].CC(C)[C@H](OC(=O)[C@@]12CC[C@@](C)(C(=O)O1)C2(C)C)c1ccc(I)cc1[N+](=O)[O-].Nc1ccc(I)cc1[N+](=O)[O-].O=[N+]([O-])c1cc(I)ccc1I. The number of anilines is 1. The molecule has 6 aliphatic rings. The summed E-state index contributed by atoms with van der Waals surface area (Å²) in [5.74, 6) is -3.68. The summed E-state index contributed by atoms with van der Waals surface area (Å²) in [5.41, 5.74) is -1.65. The molecule has 121 heavy (non-hydrogen) atoms. The predicted molar refractivity (Wildman–Crippen MR) is 503 cm³/mol. The molecule has 0 aromatic heterocycles. The van der Waals surface area contributed by atoms with E-state index in [0.29, 0.717) is 64.3 Å². The Morgan fingerprint density at radius 1 is 0.355 bits per heavy atom. The molecule has 32 nitrogen and oxygen atoms in total. The van der Waals surface area contributed by atoms with E-state index in [9.17, 15) is 94.6 Å². The molecule has 3 aliphatic carbocycles. The van der Waals surface area contributed by atoms with Crippen molar-refractivity contribution < 1.29 is 91.8 Å². The summed E-state index contributed by atoms with van der Waals surface area (Å²) >= 11 is 14.0. The second-order valence-corrected chi connectivity index (χ2v) is 42.2. The quantitative estimate of drug-likeness (QED) is 0.0179. The average Bonchev–Trinajstić information content (AvgIpc) is 1.53. The highest BCUT2D eigenvalue weighted by molar-refractivity contribution is 14.1. The zero-order valence-electron chi connectivity index (χ0n) is 68.9. The second-order valence-electron chi connectivity index (χ2n) is 33.6. The fourth-order valence-electron chi connectivity index (χ4n) is 15.7. The molecule has 3 saturated carbocycles. The van der Waals surface area contributed by atoms with Gasteiger partial charge in [0.1, 0.15) is 24.0 Å². The molecule has 3 aliphatic heterocycles. The number of rotatable bonds is 20. The maximum absolute atomic E-state index is 13.3. The van der Waals surface area contributed by atoms with E-state index < -0.39 is 116 Å². The van der Waals surface area contributed by atoms with Gasteiger partial charge in [0.15, 0.2) is 0 Å². The van der Waals surface area contributed by atoms with Crippen LogP contribution in [0.3, 0.4) is 0 Å². The van der Waals surface area contributed by atoms with Crippen molar-refractivity contribution in [2.45, 2.75) is 197 Å². The smallest absolute Gasteiger partial charge is 0.351 e. The summed E-state index contributed by atoms with van der Waals surface area (Å²) in [5, 5.41) is 75.9. The van der Waals surface area contributed by atoms with Crippen molar-refractivity contribution in [3.05, 3.63) is 217 Å². The Kier molecular flexibility index (Phi) is 32.8. The number of carbonyl (C=O) groups excluding carboxylic acids is 6. The minimum atomic E-state index is -1.36. The van der Waals surface area contributed by atoms with Gasteiger partial charge in [-0.15, -0.1) is 0 Å². The number of nitro benzene ring substituents is 6. The topological polar surface area (TPSA) is 463 Å². The van der Waals surface area contributed by atoms with E-state index >= 15 is 0 Å². The van der Waals surface area contributed by atoms with E-state index in [1.165, 1.54) is 36.4 Å². The first-order valence-corrected chi connectivity index (χ1v) is 45.4. The Bertz CT molecular complexity index is 4730. The molecule has 6 aromatic carbocycles. The largest absolute Gasteiger partial charge is 0.454 e. The van der Waals surface area contributed by atoms with Gasteiger partial charge in [-0.3, -0.25) is 75.1 Å². The number of nitrogens with zero attached hydrogens (tertiary/aromatic N) is 6.